The van der Waals surface area contributed by atoms with Gasteiger partial charge in [0.1, 0.15) is 17.8 Å². The number of hydrogen-bond acceptors (Lipinski definition) is 5. The Kier molecular flexibility index (Phi) is 6.51. The molecule has 1 N–H and O–H groups in total. The van der Waals surface area contributed by atoms with Gasteiger partial charge in [0.2, 0.25) is 11.8 Å². The first kappa shape index (κ1) is 24.0. The maximum absolute atomic E-state index is 13.8. The zero-order valence-corrected chi connectivity index (χ0v) is 19.2. The standard InChI is InChI=1S/C24H28F3N5O2/c1-16(2)30-21(33)14-32-13-18-6-4-3-5-17(18)12-23(22(32)34)7-9-31(10-8-23)20-11-19(24(25,26)27)28-15-29-20/h3-6,11,15-16H,7-10,12-14H2,1-2H3,(H,30,33). The number of hydrogen-bond donors (Lipinski definition) is 1. The molecule has 0 aliphatic carbocycles. The molecule has 3 heterocycles. The van der Waals surface area contributed by atoms with Crippen LogP contribution in [-0.4, -0.2) is 52.4 Å². The van der Waals surface area contributed by atoms with Gasteiger partial charge >= 0.3 is 6.18 Å². The van der Waals surface area contributed by atoms with Crippen LogP contribution in [0.5, 0.6) is 0 Å². The summed E-state index contributed by atoms with van der Waals surface area (Å²) in [5, 5.41) is 2.85. The zero-order chi connectivity index (χ0) is 24.5. The molecule has 2 aliphatic rings. The predicted molar refractivity (Wildman–Crippen MR) is 120 cm³/mol. The molecule has 0 bridgehead atoms. The number of fused-ring (bicyclic) bond motifs is 1. The normalized spacial score (nSPS) is 18.1. The summed E-state index contributed by atoms with van der Waals surface area (Å²) in [6.07, 6.45) is -2.19. The van der Waals surface area contributed by atoms with Crippen molar-refractivity contribution in [2.75, 3.05) is 24.5 Å². The molecule has 2 amide bonds. The van der Waals surface area contributed by atoms with Crippen molar-refractivity contribution in [3.63, 3.8) is 0 Å². The van der Waals surface area contributed by atoms with E-state index in [1.165, 1.54) is 0 Å². The van der Waals surface area contributed by atoms with E-state index in [4.69, 9.17) is 0 Å². The minimum Gasteiger partial charge on any atom is -0.356 e. The van der Waals surface area contributed by atoms with Gasteiger partial charge in [-0.25, -0.2) is 9.97 Å². The van der Waals surface area contributed by atoms with Crippen LogP contribution in [0.1, 0.15) is 43.5 Å². The second-order valence-electron chi connectivity index (χ2n) is 9.36. The van der Waals surface area contributed by atoms with E-state index in [2.05, 4.69) is 15.3 Å². The molecular formula is C24H28F3N5O2. The Morgan fingerprint density at radius 2 is 1.82 bits per heavy atom. The molecule has 0 atom stereocenters. The summed E-state index contributed by atoms with van der Waals surface area (Å²) in [4.78, 5) is 37.0. The van der Waals surface area contributed by atoms with Crippen LogP contribution in [0.4, 0.5) is 19.0 Å². The van der Waals surface area contributed by atoms with Gasteiger partial charge in [0.15, 0.2) is 0 Å². The molecule has 34 heavy (non-hydrogen) atoms. The Hall–Kier alpha value is -3.17. The summed E-state index contributed by atoms with van der Waals surface area (Å²) >= 11 is 0. The first-order chi connectivity index (χ1) is 16.1. The second kappa shape index (κ2) is 9.23. The van der Waals surface area contributed by atoms with Gasteiger partial charge in [0.25, 0.3) is 0 Å². The van der Waals surface area contributed by atoms with Crippen LogP contribution >= 0.6 is 0 Å². The van der Waals surface area contributed by atoms with Crippen molar-refractivity contribution in [3.05, 3.63) is 53.5 Å². The van der Waals surface area contributed by atoms with Crippen molar-refractivity contribution in [1.29, 1.82) is 0 Å². The molecule has 0 saturated carbocycles. The van der Waals surface area contributed by atoms with Crippen LogP contribution in [-0.2, 0) is 28.7 Å². The molecule has 1 aromatic heterocycles. The van der Waals surface area contributed by atoms with Crippen molar-refractivity contribution in [2.24, 2.45) is 5.41 Å². The Morgan fingerprint density at radius 3 is 2.47 bits per heavy atom. The van der Waals surface area contributed by atoms with Crippen molar-refractivity contribution >= 4 is 17.6 Å². The molecule has 182 valence electrons. The highest BCUT2D eigenvalue weighted by atomic mass is 19.4. The summed E-state index contributed by atoms with van der Waals surface area (Å²) in [5.74, 6) is -0.0938. The van der Waals surface area contributed by atoms with Gasteiger partial charge < -0.3 is 15.1 Å². The molecule has 1 aromatic carbocycles. The average Bonchev–Trinajstić information content (AvgIpc) is 2.88. The van der Waals surface area contributed by atoms with Gasteiger partial charge in [0.05, 0.1) is 12.0 Å². The van der Waals surface area contributed by atoms with Crippen molar-refractivity contribution < 1.29 is 22.8 Å². The third-order valence-electron chi connectivity index (χ3n) is 6.52. The molecule has 1 fully saturated rings. The molecule has 2 aromatic rings. The molecule has 1 spiro atoms. The van der Waals surface area contributed by atoms with E-state index in [9.17, 15) is 22.8 Å². The number of anilines is 1. The third-order valence-corrected chi connectivity index (χ3v) is 6.52. The van der Waals surface area contributed by atoms with Crippen LogP contribution in [0.2, 0.25) is 0 Å². The summed E-state index contributed by atoms with van der Waals surface area (Å²) in [5.41, 5.74) is 0.372. The lowest BCUT2D eigenvalue weighted by atomic mass is 9.73. The summed E-state index contributed by atoms with van der Waals surface area (Å²) in [6.45, 7) is 4.82. The van der Waals surface area contributed by atoms with E-state index < -0.39 is 17.3 Å². The van der Waals surface area contributed by atoms with E-state index in [-0.39, 0.29) is 30.2 Å². The topological polar surface area (TPSA) is 78.4 Å². The molecule has 10 heteroatoms. The number of alkyl halides is 3. The van der Waals surface area contributed by atoms with Crippen LogP contribution in [0.15, 0.2) is 36.7 Å². The van der Waals surface area contributed by atoms with Crippen molar-refractivity contribution in [2.45, 2.75) is 51.9 Å². The fourth-order valence-electron chi connectivity index (χ4n) is 4.84. The minimum atomic E-state index is -4.55. The molecule has 2 aliphatic heterocycles. The highest BCUT2D eigenvalue weighted by Gasteiger charge is 2.46. The summed E-state index contributed by atoms with van der Waals surface area (Å²) in [6, 6.07) is 8.76. The number of nitrogens with one attached hydrogen (secondary N) is 1. The zero-order valence-electron chi connectivity index (χ0n) is 19.2. The molecular weight excluding hydrogens is 447 g/mol. The Bertz CT molecular complexity index is 1060. The fraction of sp³-hybridized carbons (Fsp3) is 0.500. The number of aromatic nitrogens is 2. The van der Waals surface area contributed by atoms with Crippen LogP contribution in [0, 0.1) is 5.41 Å². The first-order valence-corrected chi connectivity index (χ1v) is 11.4. The number of rotatable bonds is 4. The Balaban J connectivity index is 1.57. The largest absolute Gasteiger partial charge is 0.433 e. The van der Waals surface area contributed by atoms with E-state index in [0.717, 1.165) is 23.5 Å². The van der Waals surface area contributed by atoms with Gasteiger partial charge in [-0.1, -0.05) is 24.3 Å². The quantitative estimate of drug-likeness (QED) is 0.735. The van der Waals surface area contributed by atoms with E-state index in [1.54, 1.807) is 9.80 Å². The number of halogens is 3. The molecule has 0 radical (unpaired) electrons. The Labute approximate surface area is 196 Å². The lowest BCUT2D eigenvalue weighted by Crippen LogP contribution is -2.52. The monoisotopic (exact) mass is 475 g/mol. The molecule has 1 saturated heterocycles. The van der Waals surface area contributed by atoms with Crippen LogP contribution < -0.4 is 10.2 Å². The smallest absolute Gasteiger partial charge is 0.356 e. The fourth-order valence-corrected chi connectivity index (χ4v) is 4.84. The molecule has 0 unspecified atom stereocenters. The van der Waals surface area contributed by atoms with Gasteiger partial charge in [-0.2, -0.15) is 13.2 Å². The average molecular weight is 476 g/mol. The molecule has 4 rings (SSSR count). The lowest BCUT2D eigenvalue weighted by Gasteiger charge is -2.42. The summed E-state index contributed by atoms with van der Waals surface area (Å²) in [7, 11) is 0. The van der Waals surface area contributed by atoms with Crippen LogP contribution in [0.3, 0.4) is 0 Å². The van der Waals surface area contributed by atoms with Gasteiger partial charge in [-0.15, -0.1) is 0 Å². The van der Waals surface area contributed by atoms with E-state index >= 15 is 0 Å². The van der Waals surface area contributed by atoms with E-state index in [0.29, 0.717) is 38.9 Å². The maximum Gasteiger partial charge on any atom is 0.433 e. The number of piperidine rings is 1. The maximum atomic E-state index is 13.8. The lowest BCUT2D eigenvalue weighted by molar-refractivity contribution is -0.146. The SMILES string of the molecule is CC(C)NC(=O)CN1Cc2ccccc2CC2(CCN(c3cc(C(F)(F)F)ncn3)CC2)C1=O. The van der Waals surface area contributed by atoms with Crippen molar-refractivity contribution in [3.8, 4) is 0 Å². The highest BCUT2D eigenvalue weighted by molar-refractivity contribution is 5.89. The number of carbonyl (C=O) groups excluding carboxylic acids is 2. The van der Waals surface area contributed by atoms with Gasteiger partial charge in [0, 0.05) is 31.7 Å². The van der Waals surface area contributed by atoms with Crippen LogP contribution in [0.25, 0.3) is 0 Å². The van der Waals surface area contributed by atoms with E-state index in [1.807, 2.05) is 38.1 Å². The second-order valence-corrected chi connectivity index (χ2v) is 9.36. The number of benzene rings is 1. The van der Waals surface area contributed by atoms with Gasteiger partial charge in [-0.3, -0.25) is 9.59 Å². The van der Waals surface area contributed by atoms with Gasteiger partial charge in [-0.05, 0) is 44.2 Å². The highest BCUT2D eigenvalue weighted by Crippen LogP contribution is 2.41. The minimum absolute atomic E-state index is 0.0301. The van der Waals surface area contributed by atoms with Crippen molar-refractivity contribution in [1.82, 2.24) is 20.2 Å². The molecule has 7 nitrogen and oxygen atoms in total. The number of nitrogens with zero attached hydrogens (tertiary/aromatic N) is 4. The number of amides is 2. The Morgan fingerprint density at radius 1 is 1.15 bits per heavy atom. The predicted octanol–water partition coefficient (Wildman–Crippen LogP) is 3.19. The first-order valence-electron chi connectivity index (χ1n) is 11.4. The number of carbonyl (C=O) groups is 2. The summed E-state index contributed by atoms with van der Waals surface area (Å²) < 4.78 is 39.3. The third kappa shape index (κ3) is 5.00.